The van der Waals surface area contributed by atoms with Gasteiger partial charge in [0.1, 0.15) is 24.0 Å². The number of carbonyl (C=O) groups excluding carboxylic acids is 1. The highest BCUT2D eigenvalue weighted by Crippen LogP contribution is 2.38. The highest BCUT2D eigenvalue weighted by atomic mass is 31.2. The van der Waals surface area contributed by atoms with E-state index >= 15 is 0 Å². The standard InChI is InChI=1S/C25H34FN6O6P/c1-5-38-24(34)17(2)28-39(36,16-37-4)29-21-7-6-10-31(15-21)22-12-23(33)30(3)25(35)32(22)14-19-11-20(26)9-8-18(19)13-27/h8-9,11-12,17,21H,5-7,10,14-16H2,1-4H3,(H2,28,29,36)/t17-,21+,39?/m0/s1. The van der Waals surface area contributed by atoms with Crippen LogP contribution in [0.25, 0.3) is 0 Å². The van der Waals surface area contributed by atoms with Crippen LogP contribution in [-0.4, -0.2) is 60.3 Å². The number of nitrogens with zero attached hydrogens (tertiary/aromatic N) is 4. The molecule has 212 valence electrons. The van der Waals surface area contributed by atoms with Crippen molar-refractivity contribution in [3.63, 3.8) is 0 Å². The van der Waals surface area contributed by atoms with E-state index in [2.05, 4.69) is 10.2 Å². The highest BCUT2D eigenvalue weighted by molar-refractivity contribution is 7.59. The molecule has 0 aliphatic carbocycles. The fourth-order valence-corrected chi connectivity index (χ4v) is 6.67. The van der Waals surface area contributed by atoms with E-state index in [1.54, 1.807) is 13.8 Å². The molecule has 1 unspecified atom stereocenters. The number of carbonyl (C=O) groups is 1. The summed E-state index contributed by atoms with van der Waals surface area (Å²) in [6.45, 7) is 4.08. The van der Waals surface area contributed by atoms with Crippen LogP contribution in [0.5, 0.6) is 0 Å². The van der Waals surface area contributed by atoms with Gasteiger partial charge in [-0.1, -0.05) is 0 Å². The molecule has 1 aliphatic rings. The number of nitrogens with one attached hydrogen (secondary N) is 2. The molecule has 1 aliphatic heterocycles. The molecule has 0 radical (unpaired) electrons. The number of hydrogen-bond acceptors (Lipinski definition) is 8. The van der Waals surface area contributed by atoms with Crippen LogP contribution >= 0.6 is 7.44 Å². The zero-order valence-corrected chi connectivity index (χ0v) is 23.4. The summed E-state index contributed by atoms with van der Waals surface area (Å²) in [7, 11) is -0.663. The third-order valence-corrected chi connectivity index (χ3v) is 8.59. The number of benzene rings is 1. The lowest BCUT2D eigenvalue weighted by atomic mass is 10.1. The number of aromatic nitrogens is 2. The maximum Gasteiger partial charge on any atom is 0.332 e. The molecule has 3 rings (SSSR count). The predicted molar refractivity (Wildman–Crippen MR) is 143 cm³/mol. The number of esters is 1. The fraction of sp³-hybridized carbons (Fsp3) is 0.520. The van der Waals surface area contributed by atoms with Crippen molar-refractivity contribution < 1.29 is 23.2 Å². The second kappa shape index (κ2) is 13.2. The molecule has 12 nitrogen and oxygen atoms in total. The summed E-state index contributed by atoms with van der Waals surface area (Å²) in [4.78, 5) is 39.7. The quantitative estimate of drug-likeness (QED) is 0.304. The van der Waals surface area contributed by atoms with Gasteiger partial charge in [0, 0.05) is 39.4 Å². The van der Waals surface area contributed by atoms with E-state index in [0.717, 1.165) is 4.57 Å². The molecule has 1 aromatic carbocycles. The minimum atomic E-state index is -3.41. The van der Waals surface area contributed by atoms with E-state index in [-0.39, 0.29) is 37.6 Å². The van der Waals surface area contributed by atoms with E-state index in [0.29, 0.717) is 30.8 Å². The first-order valence-corrected chi connectivity index (χ1v) is 14.5. The largest absolute Gasteiger partial charge is 0.465 e. The van der Waals surface area contributed by atoms with Gasteiger partial charge in [-0.05, 0) is 50.5 Å². The molecule has 0 saturated carbocycles. The first-order chi connectivity index (χ1) is 18.5. The Hall–Kier alpha value is -3.30. The zero-order chi connectivity index (χ0) is 28.7. The van der Waals surface area contributed by atoms with Crippen molar-refractivity contribution in [3.8, 4) is 6.07 Å². The van der Waals surface area contributed by atoms with Crippen LogP contribution in [0.4, 0.5) is 10.2 Å². The summed E-state index contributed by atoms with van der Waals surface area (Å²) in [5, 5.41) is 15.4. The van der Waals surface area contributed by atoms with Gasteiger partial charge >= 0.3 is 11.7 Å². The summed E-state index contributed by atoms with van der Waals surface area (Å²) < 4.78 is 40.1. The number of nitriles is 1. The predicted octanol–water partition coefficient (Wildman–Crippen LogP) is 1.50. The molecule has 1 aromatic heterocycles. The van der Waals surface area contributed by atoms with E-state index in [4.69, 9.17) is 9.47 Å². The number of piperidine rings is 1. The van der Waals surface area contributed by atoms with Gasteiger partial charge in [-0.25, -0.2) is 19.4 Å². The van der Waals surface area contributed by atoms with Gasteiger partial charge in [0.15, 0.2) is 0 Å². The number of methoxy groups -OCH3 is 1. The molecule has 3 atom stereocenters. The molecule has 1 fully saturated rings. The van der Waals surface area contributed by atoms with Gasteiger partial charge in [-0.15, -0.1) is 0 Å². The van der Waals surface area contributed by atoms with Gasteiger partial charge in [-0.2, -0.15) is 5.26 Å². The Morgan fingerprint density at radius 3 is 2.74 bits per heavy atom. The van der Waals surface area contributed by atoms with Crippen LogP contribution in [0.2, 0.25) is 0 Å². The molecule has 39 heavy (non-hydrogen) atoms. The molecule has 14 heteroatoms. The highest BCUT2D eigenvalue weighted by Gasteiger charge is 2.33. The first-order valence-electron chi connectivity index (χ1n) is 12.6. The maximum absolute atomic E-state index is 14.0. The molecule has 2 aromatic rings. The number of rotatable bonds is 11. The lowest BCUT2D eigenvalue weighted by Gasteiger charge is -2.37. The van der Waals surface area contributed by atoms with Crippen molar-refractivity contribution in [1.29, 1.82) is 5.26 Å². The Bertz CT molecular complexity index is 1400. The number of hydrogen-bond donors (Lipinski definition) is 2. The molecule has 1 saturated heterocycles. The number of anilines is 1. The normalized spacial score (nSPS) is 17.7. The van der Waals surface area contributed by atoms with Crippen molar-refractivity contribution >= 4 is 19.2 Å². The van der Waals surface area contributed by atoms with Gasteiger partial charge < -0.3 is 14.4 Å². The lowest BCUT2D eigenvalue weighted by molar-refractivity contribution is -0.144. The van der Waals surface area contributed by atoms with Crippen LogP contribution in [-0.2, 0) is 32.4 Å². The average molecular weight is 565 g/mol. The van der Waals surface area contributed by atoms with E-state index < -0.39 is 36.5 Å². The van der Waals surface area contributed by atoms with Crippen molar-refractivity contribution in [2.75, 3.05) is 38.1 Å². The van der Waals surface area contributed by atoms with Crippen molar-refractivity contribution in [2.45, 2.75) is 45.3 Å². The van der Waals surface area contributed by atoms with Gasteiger partial charge in [0.25, 0.3) is 5.56 Å². The Kier molecular flexibility index (Phi) is 10.2. The van der Waals surface area contributed by atoms with Crippen LogP contribution in [0.15, 0.2) is 33.9 Å². The first kappa shape index (κ1) is 30.2. The topological polar surface area (TPSA) is 148 Å². The van der Waals surface area contributed by atoms with Gasteiger partial charge in [0.2, 0.25) is 7.44 Å². The summed E-state index contributed by atoms with van der Waals surface area (Å²) in [5.74, 6) is -0.791. The molecular formula is C25H34FN6O6P. The molecule has 0 spiro atoms. The Morgan fingerprint density at radius 1 is 1.33 bits per heavy atom. The SMILES string of the molecule is CCOC(=O)[C@H](C)NP(=O)(COC)N[C@@H]1CCCN(c2cc(=O)n(C)c(=O)n2Cc2cc(F)ccc2C#N)C1. The van der Waals surface area contributed by atoms with Crippen LogP contribution < -0.4 is 26.3 Å². The minimum absolute atomic E-state index is 0.127. The second-order valence-corrected chi connectivity index (χ2v) is 11.6. The second-order valence-electron chi connectivity index (χ2n) is 9.36. The monoisotopic (exact) mass is 564 g/mol. The van der Waals surface area contributed by atoms with E-state index in [1.807, 2.05) is 11.0 Å². The lowest BCUT2D eigenvalue weighted by Crippen LogP contribution is -2.50. The Labute approximate surface area is 225 Å². The summed E-state index contributed by atoms with van der Waals surface area (Å²) in [6, 6.07) is 5.84. The van der Waals surface area contributed by atoms with Gasteiger partial charge in [-0.3, -0.25) is 23.3 Å². The molecular weight excluding hydrogens is 530 g/mol. The van der Waals surface area contributed by atoms with Crippen molar-refractivity contribution in [1.82, 2.24) is 19.3 Å². The smallest absolute Gasteiger partial charge is 0.332 e. The zero-order valence-electron chi connectivity index (χ0n) is 22.5. The summed E-state index contributed by atoms with van der Waals surface area (Å²) in [5.41, 5.74) is -0.622. The number of halogens is 1. The molecule has 0 amide bonds. The van der Waals surface area contributed by atoms with Gasteiger partial charge in [0.05, 0.1) is 24.8 Å². The summed E-state index contributed by atoms with van der Waals surface area (Å²) in [6.07, 6.45) is 1.10. The number of ether oxygens (including phenoxy) is 2. The van der Waals surface area contributed by atoms with Crippen LogP contribution in [0.1, 0.15) is 37.8 Å². The third-order valence-electron chi connectivity index (χ3n) is 6.38. The Balaban J connectivity index is 1.91. The van der Waals surface area contributed by atoms with Crippen molar-refractivity contribution in [2.24, 2.45) is 7.05 Å². The minimum Gasteiger partial charge on any atom is -0.465 e. The van der Waals surface area contributed by atoms with E-state index in [1.165, 1.54) is 43.0 Å². The molecule has 2 N–H and O–H groups in total. The third kappa shape index (κ3) is 7.42. The molecule has 0 bridgehead atoms. The van der Waals surface area contributed by atoms with Crippen LogP contribution in [0, 0.1) is 17.1 Å². The van der Waals surface area contributed by atoms with E-state index in [9.17, 15) is 28.6 Å². The maximum atomic E-state index is 14.0. The van der Waals surface area contributed by atoms with Crippen molar-refractivity contribution in [3.05, 3.63) is 62.0 Å². The van der Waals surface area contributed by atoms with Crippen LogP contribution in [0.3, 0.4) is 0 Å². The fourth-order valence-electron chi connectivity index (χ4n) is 4.55. The average Bonchev–Trinajstić information content (AvgIpc) is 2.89. The molecule has 2 heterocycles. The summed E-state index contributed by atoms with van der Waals surface area (Å²) >= 11 is 0. The Morgan fingerprint density at radius 2 is 2.08 bits per heavy atom.